The molecule has 3 heteroatoms. The van der Waals surface area contributed by atoms with E-state index in [-0.39, 0.29) is 12.4 Å². The van der Waals surface area contributed by atoms with Crippen molar-refractivity contribution in [3.63, 3.8) is 0 Å². The maximum atomic E-state index is 5.28. The number of halogens is 1. The molecule has 0 aromatic rings. The predicted molar refractivity (Wildman–Crippen MR) is 35.2 cm³/mol. The van der Waals surface area contributed by atoms with E-state index in [0.29, 0.717) is 0 Å². The Labute approximate surface area is 55.8 Å². The standard InChI is InChI=1S/C5H11NO.ClH/c6-2-1-5-3-7-4-5;/h5H,1-4,6H2;1H. The van der Waals surface area contributed by atoms with Crippen LogP contribution in [0.2, 0.25) is 0 Å². The highest BCUT2D eigenvalue weighted by molar-refractivity contribution is 5.85. The van der Waals surface area contributed by atoms with Crippen molar-refractivity contribution in [2.24, 2.45) is 11.7 Å². The minimum absolute atomic E-state index is 0. The first-order chi connectivity index (χ1) is 3.43. The zero-order chi connectivity index (χ0) is 5.11. The largest absolute Gasteiger partial charge is 0.381 e. The molecule has 2 N–H and O–H groups in total. The molecule has 1 heterocycles. The summed E-state index contributed by atoms with van der Waals surface area (Å²) in [6.45, 7) is 2.70. The third-order valence-corrected chi connectivity index (χ3v) is 1.28. The van der Waals surface area contributed by atoms with E-state index in [4.69, 9.17) is 10.5 Å². The van der Waals surface area contributed by atoms with Gasteiger partial charge in [0.15, 0.2) is 0 Å². The molecule has 1 aliphatic heterocycles. The number of rotatable bonds is 2. The van der Waals surface area contributed by atoms with Crippen LogP contribution >= 0.6 is 12.4 Å². The predicted octanol–water partition coefficient (Wildman–Crippen LogP) is 0.403. The third-order valence-electron chi connectivity index (χ3n) is 1.28. The number of hydrogen-bond donors (Lipinski definition) is 1. The van der Waals surface area contributed by atoms with Gasteiger partial charge in [-0.15, -0.1) is 12.4 Å². The molecular formula is C5H12ClNO. The fraction of sp³-hybridized carbons (Fsp3) is 1.00. The van der Waals surface area contributed by atoms with Crippen molar-refractivity contribution < 1.29 is 4.74 Å². The van der Waals surface area contributed by atoms with Crippen molar-refractivity contribution in [2.45, 2.75) is 6.42 Å². The summed E-state index contributed by atoms with van der Waals surface area (Å²) in [5.74, 6) is 0.782. The topological polar surface area (TPSA) is 35.2 Å². The quantitative estimate of drug-likeness (QED) is 0.598. The molecule has 50 valence electrons. The molecule has 1 rings (SSSR count). The fourth-order valence-electron chi connectivity index (χ4n) is 0.687. The second kappa shape index (κ2) is 4.13. The highest BCUT2D eigenvalue weighted by atomic mass is 35.5. The van der Waals surface area contributed by atoms with Gasteiger partial charge in [-0.2, -0.15) is 0 Å². The molecule has 1 aliphatic rings. The summed E-state index contributed by atoms with van der Waals surface area (Å²) in [5, 5.41) is 0. The molecule has 0 aliphatic carbocycles. The van der Waals surface area contributed by atoms with Crippen molar-refractivity contribution in [1.82, 2.24) is 0 Å². The lowest BCUT2D eigenvalue weighted by Gasteiger charge is -2.24. The molecule has 1 saturated heterocycles. The lowest BCUT2D eigenvalue weighted by Crippen LogP contribution is -2.29. The molecule has 2 nitrogen and oxygen atoms in total. The van der Waals surface area contributed by atoms with Crippen molar-refractivity contribution in [2.75, 3.05) is 19.8 Å². The van der Waals surface area contributed by atoms with Crippen LogP contribution in [0.5, 0.6) is 0 Å². The van der Waals surface area contributed by atoms with Gasteiger partial charge in [-0.05, 0) is 13.0 Å². The molecule has 8 heavy (non-hydrogen) atoms. The molecule has 0 unspecified atom stereocenters. The monoisotopic (exact) mass is 137 g/mol. The Bertz CT molecular complexity index is 56.4. The van der Waals surface area contributed by atoms with Crippen LogP contribution in [0.1, 0.15) is 6.42 Å². The van der Waals surface area contributed by atoms with Crippen LogP contribution in [0, 0.1) is 5.92 Å². The summed E-state index contributed by atoms with van der Waals surface area (Å²) in [6.07, 6.45) is 1.14. The average molecular weight is 138 g/mol. The van der Waals surface area contributed by atoms with E-state index in [1.54, 1.807) is 0 Å². The van der Waals surface area contributed by atoms with Gasteiger partial charge < -0.3 is 10.5 Å². The SMILES string of the molecule is Cl.NCCC1COC1. The van der Waals surface area contributed by atoms with Gasteiger partial charge in [0, 0.05) is 5.92 Å². The molecule has 0 atom stereocenters. The van der Waals surface area contributed by atoms with Crippen molar-refractivity contribution in [3.05, 3.63) is 0 Å². The van der Waals surface area contributed by atoms with Crippen LogP contribution in [0.15, 0.2) is 0 Å². The second-order valence-electron chi connectivity index (χ2n) is 1.98. The van der Waals surface area contributed by atoms with E-state index < -0.39 is 0 Å². The summed E-state index contributed by atoms with van der Waals surface area (Å²) >= 11 is 0. The maximum absolute atomic E-state index is 5.28. The molecule has 0 aromatic carbocycles. The van der Waals surface area contributed by atoms with Crippen LogP contribution in [-0.4, -0.2) is 19.8 Å². The zero-order valence-corrected chi connectivity index (χ0v) is 5.62. The van der Waals surface area contributed by atoms with Crippen LogP contribution in [0.3, 0.4) is 0 Å². The van der Waals surface area contributed by atoms with E-state index in [2.05, 4.69) is 0 Å². The molecular weight excluding hydrogens is 126 g/mol. The smallest absolute Gasteiger partial charge is 0.0516 e. The van der Waals surface area contributed by atoms with Crippen molar-refractivity contribution >= 4 is 12.4 Å². The normalized spacial score (nSPS) is 19.1. The van der Waals surface area contributed by atoms with Gasteiger partial charge >= 0.3 is 0 Å². The highest BCUT2D eigenvalue weighted by Crippen LogP contribution is 2.11. The summed E-state index contributed by atoms with van der Waals surface area (Å²) < 4.78 is 4.93. The van der Waals surface area contributed by atoms with Gasteiger partial charge in [-0.25, -0.2) is 0 Å². The Morgan fingerprint density at radius 3 is 2.25 bits per heavy atom. The zero-order valence-electron chi connectivity index (χ0n) is 4.80. The van der Waals surface area contributed by atoms with E-state index >= 15 is 0 Å². The Balaban J connectivity index is 0.000000490. The van der Waals surface area contributed by atoms with Crippen molar-refractivity contribution in [1.29, 1.82) is 0 Å². The van der Waals surface area contributed by atoms with Gasteiger partial charge in [0.05, 0.1) is 13.2 Å². The van der Waals surface area contributed by atoms with E-state index in [0.717, 1.165) is 32.1 Å². The summed E-state index contributed by atoms with van der Waals surface area (Å²) in [7, 11) is 0. The Morgan fingerprint density at radius 1 is 1.50 bits per heavy atom. The van der Waals surface area contributed by atoms with Crippen LogP contribution in [0.25, 0.3) is 0 Å². The van der Waals surface area contributed by atoms with E-state index in [1.807, 2.05) is 0 Å². The number of ether oxygens (including phenoxy) is 1. The number of nitrogens with two attached hydrogens (primary N) is 1. The highest BCUT2D eigenvalue weighted by Gasteiger charge is 2.15. The Morgan fingerprint density at radius 2 is 2.12 bits per heavy atom. The van der Waals surface area contributed by atoms with Gasteiger partial charge in [-0.3, -0.25) is 0 Å². The Kier molecular flexibility index (Phi) is 4.23. The molecule has 1 fully saturated rings. The summed E-state index contributed by atoms with van der Waals surface area (Å²) in [6, 6.07) is 0. The molecule has 0 radical (unpaired) electrons. The number of hydrogen-bond acceptors (Lipinski definition) is 2. The minimum Gasteiger partial charge on any atom is -0.381 e. The molecule has 0 saturated carbocycles. The first-order valence-electron chi connectivity index (χ1n) is 2.71. The molecule has 0 bridgehead atoms. The minimum atomic E-state index is 0. The average Bonchev–Trinajstić information content (AvgIpc) is 1.55. The maximum Gasteiger partial charge on any atom is 0.0516 e. The van der Waals surface area contributed by atoms with Crippen LogP contribution < -0.4 is 5.73 Å². The lowest BCUT2D eigenvalue weighted by molar-refractivity contribution is -0.0342. The molecule has 0 aromatic heterocycles. The van der Waals surface area contributed by atoms with Gasteiger partial charge in [0.25, 0.3) is 0 Å². The lowest BCUT2D eigenvalue weighted by atomic mass is 10.1. The van der Waals surface area contributed by atoms with Gasteiger partial charge in [-0.1, -0.05) is 0 Å². The van der Waals surface area contributed by atoms with Gasteiger partial charge in [0.2, 0.25) is 0 Å². The summed E-state index contributed by atoms with van der Waals surface area (Å²) in [5.41, 5.74) is 5.28. The van der Waals surface area contributed by atoms with Crippen LogP contribution in [-0.2, 0) is 4.74 Å². The Hall–Kier alpha value is 0.210. The fourth-order valence-corrected chi connectivity index (χ4v) is 0.687. The summed E-state index contributed by atoms with van der Waals surface area (Å²) in [4.78, 5) is 0. The van der Waals surface area contributed by atoms with Crippen LogP contribution in [0.4, 0.5) is 0 Å². The van der Waals surface area contributed by atoms with Crippen molar-refractivity contribution in [3.8, 4) is 0 Å². The molecule has 0 spiro atoms. The molecule has 0 amide bonds. The van der Waals surface area contributed by atoms with E-state index in [9.17, 15) is 0 Å². The first-order valence-corrected chi connectivity index (χ1v) is 2.71. The second-order valence-corrected chi connectivity index (χ2v) is 1.98. The van der Waals surface area contributed by atoms with E-state index in [1.165, 1.54) is 0 Å². The third kappa shape index (κ3) is 1.99. The first kappa shape index (κ1) is 8.21. The van der Waals surface area contributed by atoms with Gasteiger partial charge in [0.1, 0.15) is 0 Å².